The van der Waals surface area contributed by atoms with Gasteiger partial charge < -0.3 is 18.9 Å². The average Bonchev–Trinajstić information content (AvgIpc) is 2.97. The molecule has 206 valence electrons. The van der Waals surface area contributed by atoms with Gasteiger partial charge in [0.2, 0.25) is 0 Å². The minimum atomic E-state index is -0.344. The fraction of sp³-hybridized carbons (Fsp3) is 0.161. The molecule has 4 rings (SSSR count). The van der Waals surface area contributed by atoms with Gasteiger partial charge >= 0.3 is 0 Å². The van der Waals surface area contributed by atoms with Gasteiger partial charge in [0.15, 0.2) is 23.0 Å². The summed E-state index contributed by atoms with van der Waals surface area (Å²) in [6, 6.07) is 25.8. The monoisotopic (exact) mass is 622 g/mol. The van der Waals surface area contributed by atoms with Crippen molar-refractivity contribution in [1.29, 1.82) is 0 Å². The summed E-state index contributed by atoms with van der Waals surface area (Å²) in [4.78, 5) is 12.3. The fourth-order valence-electron chi connectivity index (χ4n) is 3.71. The lowest BCUT2D eigenvalue weighted by molar-refractivity contribution is 0.0955. The van der Waals surface area contributed by atoms with E-state index in [1.54, 1.807) is 37.4 Å². The summed E-state index contributed by atoms with van der Waals surface area (Å²) in [5.74, 6) is 2.01. The van der Waals surface area contributed by atoms with Gasteiger partial charge in [0.05, 0.1) is 24.4 Å². The molecule has 0 bridgehead atoms. The largest absolute Gasteiger partial charge is 0.493 e. The van der Waals surface area contributed by atoms with Crippen LogP contribution in [-0.4, -0.2) is 25.8 Å². The minimum Gasteiger partial charge on any atom is -0.493 e. The molecule has 0 heterocycles. The molecule has 0 spiro atoms. The van der Waals surface area contributed by atoms with Crippen molar-refractivity contribution in [3.63, 3.8) is 0 Å². The SMILES string of the molecule is CCOc1cc(/C=N/NC(=O)c2ccc(Cl)cc2)cc(Br)c1OCc1ccc(OCc2ccccc2)c(OC)c1. The third kappa shape index (κ3) is 8.00. The minimum absolute atomic E-state index is 0.276. The van der Waals surface area contributed by atoms with Crippen molar-refractivity contribution in [1.82, 2.24) is 5.43 Å². The molecule has 0 aliphatic heterocycles. The Kier molecular flexibility index (Phi) is 10.4. The maximum Gasteiger partial charge on any atom is 0.271 e. The molecule has 0 unspecified atom stereocenters. The number of halogens is 2. The number of rotatable bonds is 12. The van der Waals surface area contributed by atoms with Crippen molar-refractivity contribution >= 4 is 39.7 Å². The highest BCUT2D eigenvalue weighted by Crippen LogP contribution is 2.38. The van der Waals surface area contributed by atoms with Gasteiger partial charge in [-0.05, 0) is 88.1 Å². The molecule has 4 aromatic rings. The van der Waals surface area contributed by atoms with Crippen molar-refractivity contribution in [2.75, 3.05) is 13.7 Å². The maximum atomic E-state index is 12.3. The van der Waals surface area contributed by atoms with Gasteiger partial charge in [0.25, 0.3) is 5.91 Å². The molecule has 0 saturated carbocycles. The summed E-state index contributed by atoms with van der Waals surface area (Å²) in [7, 11) is 1.61. The van der Waals surface area contributed by atoms with Crippen LogP contribution in [-0.2, 0) is 13.2 Å². The number of hydrogen-bond donors (Lipinski definition) is 1. The number of amides is 1. The number of nitrogens with zero attached hydrogens (tertiary/aromatic N) is 1. The maximum absolute atomic E-state index is 12.3. The van der Waals surface area contributed by atoms with Crippen LogP contribution < -0.4 is 24.4 Å². The Morgan fingerprint density at radius 3 is 2.35 bits per heavy atom. The molecule has 0 aliphatic carbocycles. The lowest BCUT2D eigenvalue weighted by atomic mass is 10.2. The Balaban J connectivity index is 1.42. The van der Waals surface area contributed by atoms with Crippen LogP contribution in [0.1, 0.15) is 34.0 Å². The number of nitrogens with one attached hydrogen (secondary N) is 1. The van der Waals surface area contributed by atoms with Gasteiger partial charge in [-0.25, -0.2) is 5.43 Å². The molecule has 40 heavy (non-hydrogen) atoms. The van der Waals surface area contributed by atoms with E-state index in [4.69, 9.17) is 30.5 Å². The Morgan fingerprint density at radius 1 is 0.875 bits per heavy atom. The molecular formula is C31H28BrClN2O5. The van der Waals surface area contributed by atoms with E-state index in [2.05, 4.69) is 26.5 Å². The summed E-state index contributed by atoms with van der Waals surface area (Å²) in [5.41, 5.74) is 5.64. The van der Waals surface area contributed by atoms with Gasteiger partial charge in [-0.3, -0.25) is 4.79 Å². The zero-order chi connectivity index (χ0) is 28.3. The summed E-state index contributed by atoms with van der Waals surface area (Å²) < 4.78 is 24.2. The number of methoxy groups -OCH3 is 1. The molecule has 0 aromatic heterocycles. The molecule has 9 heteroatoms. The van der Waals surface area contributed by atoms with Crippen LogP contribution in [0.2, 0.25) is 5.02 Å². The van der Waals surface area contributed by atoms with Crippen LogP contribution in [0, 0.1) is 0 Å². The van der Waals surface area contributed by atoms with Crippen LogP contribution in [0.5, 0.6) is 23.0 Å². The van der Waals surface area contributed by atoms with Crippen molar-refractivity contribution in [3.05, 3.63) is 117 Å². The third-order valence-corrected chi connectivity index (χ3v) is 6.51. The van der Waals surface area contributed by atoms with Gasteiger partial charge in [-0.15, -0.1) is 0 Å². The molecule has 1 amide bonds. The molecule has 0 saturated heterocycles. The van der Waals surface area contributed by atoms with Gasteiger partial charge in [-0.2, -0.15) is 5.10 Å². The average molecular weight is 624 g/mol. The lowest BCUT2D eigenvalue weighted by Crippen LogP contribution is -2.17. The first kappa shape index (κ1) is 29.0. The first-order valence-corrected chi connectivity index (χ1v) is 13.7. The first-order valence-electron chi connectivity index (χ1n) is 12.5. The van der Waals surface area contributed by atoms with Gasteiger partial charge in [0, 0.05) is 10.6 Å². The van der Waals surface area contributed by atoms with Crippen molar-refractivity contribution in [2.24, 2.45) is 5.10 Å². The summed E-state index contributed by atoms with van der Waals surface area (Å²) >= 11 is 9.46. The predicted molar refractivity (Wildman–Crippen MR) is 160 cm³/mol. The molecule has 7 nitrogen and oxygen atoms in total. The Hall–Kier alpha value is -4.01. The highest BCUT2D eigenvalue weighted by Gasteiger charge is 2.14. The topological polar surface area (TPSA) is 78.4 Å². The van der Waals surface area contributed by atoms with E-state index < -0.39 is 0 Å². The van der Waals surface area contributed by atoms with Crippen molar-refractivity contribution < 1.29 is 23.7 Å². The van der Waals surface area contributed by atoms with E-state index in [0.29, 0.717) is 56.8 Å². The standard InChI is InChI=1S/C31H28BrClN2O5/c1-3-38-29-17-23(18-34-35-31(36)24-10-12-25(33)13-11-24)15-26(32)30(29)40-20-22-9-14-27(28(16-22)37-2)39-19-21-7-5-4-6-8-21/h4-18H,3,19-20H2,1-2H3,(H,35,36)/b34-18+. The van der Waals surface area contributed by atoms with Crippen LogP contribution in [0.15, 0.2) is 94.5 Å². The van der Waals surface area contributed by atoms with Gasteiger partial charge in [0.1, 0.15) is 13.2 Å². The molecule has 0 atom stereocenters. The number of hydrazone groups is 1. The van der Waals surface area contributed by atoms with Crippen molar-refractivity contribution in [3.8, 4) is 23.0 Å². The van der Waals surface area contributed by atoms with Crippen molar-refractivity contribution in [2.45, 2.75) is 20.1 Å². The molecule has 0 radical (unpaired) electrons. The summed E-state index contributed by atoms with van der Waals surface area (Å²) in [5, 5.41) is 4.62. The Bertz CT molecular complexity index is 1460. The second kappa shape index (κ2) is 14.4. The molecule has 0 aliphatic rings. The molecule has 0 fully saturated rings. The molecule has 4 aromatic carbocycles. The number of carbonyl (C=O) groups is 1. The van der Waals surface area contributed by atoms with Crippen LogP contribution in [0.4, 0.5) is 0 Å². The van der Waals surface area contributed by atoms with E-state index in [-0.39, 0.29) is 12.5 Å². The number of carbonyl (C=O) groups excluding carboxylic acids is 1. The second-order valence-corrected chi connectivity index (χ2v) is 9.81. The second-order valence-electron chi connectivity index (χ2n) is 8.52. The van der Waals surface area contributed by atoms with E-state index in [1.165, 1.54) is 6.21 Å². The van der Waals surface area contributed by atoms with E-state index in [0.717, 1.165) is 11.1 Å². The zero-order valence-corrected chi connectivity index (χ0v) is 24.4. The van der Waals surface area contributed by atoms with E-state index in [1.807, 2.05) is 61.5 Å². The van der Waals surface area contributed by atoms with Crippen LogP contribution in [0.25, 0.3) is 0 Å². The quantitative estimate of drug-likeness (QED) is 0.131. The van der Waals surface area contributed by atoms with Crippen LogP contribution >= 0.6 is 27.5 Å². The lowest BCUT2D eigenvalue weighted by Gasteiger charge is -2.16. The number of hydrogen-bond acceptors (Lipinski definition) is 6. The number of ether oxygens (including phenoxy) is 4. The molecule has 1 N–H and O–H groups in total. The zero-order valence-electron chi connectivity index (χ0n) is 22.0. The number of benzene rings is 4. The smallest absolute Gasteiger partial charge is 0.271 e. The van der Waals surface area contributed by atoms with E-state index >= 15 is 0 Å². The van der Waals surface area contributed by atoms with Gasteiger partial charge in [-0.1, -0.05) is 48.0 Å². The summed E-state index contributed by atoms with van der Waals surface area (Å²) in [6.07, 6.45) is 1.53. The Morgan fingerprint density at radius 2 is 1.62 bits per heavy atom. The Labute approximate surface area is 246 Å². The molecular weight excluding hydrogens is 596 g/mol. The van der Waals surface area contributed by atoms with E-state index in [9.17, 15) is 4.79 Å². The fourth-order valence-corrected chi connectivity index (χ4v) is 4.41. The first-order chi connectivity index (χ1) is 19.5. The predicted octanol–water partition coefficient (Wildman–Crippen LogP) is 7.43. The highest BCUT2D eigenvalue weighted by molar-refractivity contribution is 9.10. The highest BCUT2D eigenvalue weighted by atomic mass is 79.9. The third-order valence-electron chi connectivity index (χ3n) is 5.67. The van der Waals surface area contributed by atoms with Crippen LogP contribution in [0.3, 0.4) is 0 Å². The normalized spacial score (nSPS) is 10.8. The summed E-state index contributed by atoms with van der Waals surface area (Å²) in [6.45, 7) is 3.05.